The average molecular weight is 490 g/mol. The van der Waals surface area contributed by atoms with Gasteiger partial charge in [0, 0.05) is 12.1 Å². The molecule has 0 amide bonds. The Morgan fingerprint density at radius 3 is 2.06 bits per heavy atom. The van der Waals surface area contributed by atoms with Crippen molar-refractivity contribution in [3.05, 3.63) is 96.2 Å². The number of ether oxygens (including phenoxy) is 2. The van der Waals surface area contributed by atoms with Crippen molar-refractivity contribution in [1.29, 1.82) is 0 Å². The predicted octanol–water partition coefficient (Wildman–Crippen LogP) is 5.90. The maximum atomic E-state index is 13.4. The first-order chi connectivity index (χ1) is 15.9. The normalized spacial score (nSPS) is 11.1. The zero-order chi connectivity index (χ0) is 23.3. The number of aromatic nitrogens is 2. The van der Waals surface area contributed by atoms with Crippen LogP contribution in [0.15, 0.2) is 84.9 Å². The summed E-state index contributed by atoms with van der Waals surface area (Å²) in [5.41, 5.74) is 6.85. The van der Waals surface area contributed by atoms with Crippen LogP contribution in [0.25, 0.3) is 16.9 Å². The molecule has 0 fully saturated rings. The quantitative estimate of drug-likeness (QED) is 0.335. The fourth-order valence-corrected chi connectivity index (χ4v) is 3.25. The van der Waals surface area contributed by atoms with Crippen molar-refractivity contribution in [3.63, 3.8) is 0 Å². The molecule has 4 rings (SSSR count). The number of halogens is 4. The first-order valence-corrected chi connectivity index (χ1v) is 10.3. The third-order valence-electron chi connectivity index (χ3n) is 4.87. The second-order valence-electron chi connectivity index (χ2n) is 7.25. The molecule has 0 radical (unpaired) electrons. The second-order valence-corrected chi connectivity index (χ2v) is 7.25. The molecule has 0 atom stereocenters. The van der Waals surface area contributed by atoms with Gasteiger partial charge in [0.2, 0.25) is 0 Å². The molecule has 0 aliphatic carbocycles. The molecule has 1 aromatic heterocycles. The van der Waals surface area contributed by atoms with E-state index in [1.807, 2.05) is 30.3 Å². The Balaban J connectivity index is 0.00000324. The van der Waals surface area contributed by atoms with E-state index < -0.39 is 11.9 Å². The van der Waals surface area contributed by atoms with Crippen LogP contribution in [0.1, 0.15) is 11.3 Å². The van der Waals surface area contributed by atoms with E-state index in [4.69, 9.17) is 15.2 Å². The average Bonchev–Trinajstić information content (AvgIpc) is 3.29. The van der Waals surface area contributed by atoms with Crippen LogP contribution in [-0.4, -0.2) is 22.9 Å². The van der Waals surface area contributed by atoms with Gasteiger partial charge in [0.05, 0.1) is 11.4 Å². The lowest BCUT2D eigenvalue weighted by Gasteiger charge is -2.11. The Morgan fingerprint density at radius 1 is 0.824 bits per heavy atom. The molecule has 2 N–H and O–H groups in total. The van der Waals surface area contributed by atoms with Crippen molar-refractivity contribution in [2.24, 2.45) is 5.73 Å². The first-order valence-electron chi connectivity index (χ1n) is 10.3. The lowest BCUT2D eigenvalue weighted by atomic mass is 10.1. The largest absolute Gasteiger partial charge is 0.492 e. The highest BCUT2D eigenvalue weighted by atomic mass is 35.5. The molecule has 0 saturated carbocycles. The summed E-state index contributed by atoms with van der Waals surface area (Å²) in [6.07, 6.45) is -4.57. The van der Waals surface area contributed by atoms with Gasteiger partial charge in [0.1, 0.15) is 24.7 Å². The third kappa shape index (κ3) is 6.09. The van der Waals surface area contributed by atoms with Gasteiger partial charge in [0.25, 0.3) is 0 Å². The molecule has 178 valence electrons. The Morgan fingerprint density at radius 2 is 1.44 bits per heavy atom. The number of rotatable bonds is 8. The molecular formula is C25H23ClF3N3O2. The molecule has 0 bridgehead atoms. The van der Waals surface area contributed by atoms with E-state index in [0.29, 0.717) is 48.2 Å². The van der Waals surface area contributed by atoms with E-state index in [-0.39, 0.29) is 12.4 Å². The highest BCUT2D eigenvalue weighted by Gasteiger charge is 2.35. The molecular weight excluding hydrogens is 467 g/mol. The van der Waals surface area contributed by atoms with E-state index in [2.05, 4.69) is 5.10 Å². The maximum absolute atomic E-state index is 13.4. The standard InChI is InChI=1S/C25H22F3N3O2.ClH/c26-25(27,28)24-16-23(19-6-10-21(11-7-19)32-15-14-29)31(30-24)20-8-12-22(13-9-20)33-17-18-4-2-1-3-5-18;/h1-13,16H,14-15,17,29H2;1H. The van der Waals surface area contributed by atoms with Crippen molar-refractivity contribution >= 4 is 12.4 Å². The summed E-state index contributed by atoms with van der Waals surface area (Å²) in [4.78, 5) is 0. The van der Waals surface area contributed by atoms with Gasteiger partial charge in [-0.3, -0.25) is 0 Å². The van der Waals surface area contributed by atoms with Crippen molar-refractivity contribution in [3.8, 4) is 28.4 Å². The summed E-state index contributed by atoms with van der Waals surface area (Å²) in [6.45, 7) is 1.12. The minimum Gasteiger partial charge on any atom is -0.492 e. The fraction of sp³-hybridized carbons (Fsp3) is 0.160. The third-order valence-corrected chi connectivity index (χ3v) is 4.87. The number of hydrogen-bond acceptors (Lipinski definition) is 4. The summed E-state index contributed by atoms with van der Waals surface area (Å²) in [7, 11) is 0. The predicted molar refractivity (Wildman–Crippen MR) is 127 cm³/mol. The number of nitrogens with zero attached hydrogens (tertiary/aromatic N) is 2. The van der Waals surface area contributed by atoms with Crippen molar-refractivity contribution in [2.45, 2.75) is 12.8 Å². The topological polar surface area (TPSA) is 62.3 Å². The number of nitrogens with two attached hydrogens (primary N) is 1. The van der Waals surface area contributed by atoms with Crippen molar-refractivity contribution < 1.29 is 22.6 Å². The van der Waals surface area contributed by atoms with E-state index in [1.54, 1.807) is 48.5 Å². The molecule has 34 heavy (non-hydrogen) atoms. The Kier molecular flexibility index (Phi) is 8.20. The van der Waals surface area contributed by atoms with E-state index in [1.165, 1.54) is 4.68 Å². The number of alkyl halides is 3. The van der Waals surface area contributed by atoms with E-state index >= 15 is 0 Å². The smallest absolute Gasteiger partial charge is 0.435 e. The number of hydrogen-bond donors (Lipinski definition) is 1. The van der Waals surface area contributed by atoms with Gasteiger partial charge in [-0.15, -0.1) is 12.4 Å². The molecule has 0 aliphatic rings. The van der Waals surface area contributed by atoms with Crippen molar-refractivity contribution in [1.82, 2.24) is 9.78 Å². The zero-order valence-electron chi connectivity index (χ0n) is 18.0. The SMILES string of the molecule is Cl.NCCOc1ccc(-c2cc(C(F)(F)F)nn2-c2ccc(OCc3ccccc3)cc2)cc1. The van der Waals surface area contributed by atoms with Crippen molar-refractivity contribution in [2.75, 3.05) is 13.2 Å². The Bertz CT molecular complexity index is 1180. The lowest BCUT2D eigenvalue weighted by Crippen LogP contribution is -2.10. The second kappa shape index (κ2) is 11.1. The molecule has 5 nitrogen and oxygen atoms in total. The molecule has 4 aromatic rings. The zero-order valence-corrected chi connectivity index (χ0v) is 18.9. The Labute approximate surface area is 201 Å². The summed E-state index contributed by atoms with van der Waals surface area (Å²) in [5, 5.41) is 3.83. The van der Waals surface area contributed by atoms with Gasteiger partial charge >= 0.3 is 6.18 Å². The fourth-order valence-electron chi connectivity index (χ4n) is 3.25. The van der Waals surface area contributed by atoms with Crippen LogP contribution in [0.3, 0.4) is 0 Å². The van der Waals surface area contributed by atoms with Gasteiger partial charge in [0.15, 0.2) is 5.69 Å². The van der Waals surface area contributed by atoms with Crippen LogP contribution in [-0.2, 0) is 12.8 Å². The molecule has 9 heteroatoms. The highest BCUT2D eigenvalue weighted by molar-refractivity contribution is 5.85. The highest BCUT2D eigenvalue weighted by Crippen LogP contribution is 2.34. The minimum absolute atomic E-state index is 0. The first kappa shape index (κ1) is 25.1. The van der Waals surface area contributed by atoms with Crippen LogP contribution in [0, 0.1) is 0 Å². The van der Waals surface area contributed by atoms with Gasteiger partial charge in [-0.2, -0.15) is 18.3 Å². The van der Waals surface area contributed by atoms with Gasteiger partial charge < -0.3 is 15.2 Å². The molecule has 1 heterocycles. The molecule has 0 aliphatic heterocycles. The van der Waals surface area contributed by atoms with Gasteiger partial charge in [-0.05, 0) is 60.2 Å². The monoisotopic (exact) mass is 489 g/mol. The number of benzene rings is 3. The van der Waals surface area contributed by atoms with E-state index in [9.17, 15) is 13.2 Å². The van der Waals surface area contributed by atoms with Crippen LogP contribution >= 0.6 is 12.4 Å². The van der Waals surface area contributed by atoms with Crippen LogP contribution in [0.4, 0.5) is 13.2 Å². The molecule has 0 saturated heterocycles. The molecule has 0 spiro atoms. The minimum atomic E-state index is -4.57. The van der Waals surface area contributed by atoms with Crippen LogP contribution in [0.2, 0.25) is 0 Å². The Hall–Kier alpha value is -3.49. The summed E-state index contributed by atoms with van der Waals surface area (Å²) < 4.78 is 52.7. The van der Waals surface area contributed by atoms with Crippen LogP contribution in [0.5, 0.6) is 11.5 Å². The molecule has 3 aromatic carbocycles. The lowest BCUT2D eigenvalue weighted by molar-refractivity contribution is -0.141. The van der Waals surface area contributed by atoms with E-state index in [0.717, 1.165) is 11.6 Å². The summed E-state index contributed by atoms with van der Waals surface area (Å²) in [5.74, 6) is 1.19. The maximum Gasteiger partial charge on any atom is 0.435 e. The molecule has 0 unspecified atom stereocenters. The summed E-state index contributed by atoms with van der Waals surface area (Å²) >= 11 is 0. The van der Waals surface area contributed by atoms with Gasteiger partial charge in [-0.25, -0.2) is 4.68 Å². The van der Waals surface area contributed by atoms with Crippen LogP contribution < -0.4 is 15.2 Å². The summed E-state index contributed by atoms with van der Waals surface area (Å²) in [6, 6.07) is 24.3. The van der Waals surface area contributed by atoms with Gasteiger partial charge in [-0.1, -0.05) is 30.3 Å².